The van der Waals surface area contributed by atoms with Crippen LogP contribution in [0, 0.1) is 0 Å². The van der Waals surface area contributed by atoms with Gasteiger partial charge in [-0.05, 0) is 18.9 Å². The van der Waals surface area contributed by atoms with Gasteiger partial charge in [0, 0.05) is 24.3 Å². The lowest BCUT2D eigenvalue weighted by Gasteiger charge is -2.16. The molecule has 0 saturated carbocycles. The average molecular weight is 281 g/mol. The predicted octanol–water partition coefficient (Wildman–Crippen LogP) is 1.52. The zero-order chi connectivity index (χ0) is 15.0. The van der Waals surface area contributed by atoms with Gasteiger partial charge in [0.1, 0.15) is 11.5 Å². The zero-order valence-electron chi connectivity index (χ0n) is 12.3. The maximum absolute atomic E-state index is 12.0. The van der Waals surface area contributed by atoms with E-state index in [2.05, 4.69) is 5.32 Å². The molecule has 0 aliphatic carbocycles. The minimum absolute atomic E-state index is 0.0109. The van der Waals surface area contributed by atoms with Crippen molar-refractivity contribution in [3.8, 4) is 11.5 Å². The molecule has 2 N–H and O–H groups in total. The fourth-order valence-electron chi connectivity index (χ4n) is 1.98. The molecule has 0 fully saturated rings. The van der Waals surface area contributed by atoms with Gasteiger partial charge in [-0.15, -0.1) is 0 Å². The molecule has 1 aromatic carbocycles. The highest BCUT2D eigenvalue weighted by Crippen LogP contribution is 2.24. The van der Waals surface area contributed by atoms with Gasteiger partial charge in [0.15, 0.2) is 0 Å². The van der Waals surface area contributed by atoms with Crippen LogP contribution < -0.4 is 14.8 Å². The molecule has 0 bridgehead atoms. The Kier molecular flexibility index (Phi) is 6.87. The number of aliphatic hydroxyl groups is 1. The Morgan fingerprint density at radius 3 is 2.65 bits per heavy atom. The smallest absolute Gasteiger partial charge is 0.224 e. The summed E-state index contributed by atoms with van der Waals surface area (Å²) in [4.78, 5) is 12.0. The van der Waals surface area contributed by atoms with E-state index in [0.29, 0.717) is 17.9 Å². The minimum Gasteiger partial charge on any atom is -0.497 e. The summed E-state index contributed by atoms with van der Waals surface area (Å²) in [5, 5.41) is 11.8. The zero-order valence-corrected chi connectivity index (χ0v) is 12.3. The minimum atomic E-state index is -0.0752. The van der Waals surface area contributed by atoms with Gasteiger partial charge in [-0.3, -0.25) is 4.79 Å². The summed E-state index contributed by atoms with van der Waals surface area (Å²) in [6.07, 6.45) is 1.61. The molecule has 1 aromatic rings. The number of hydrogen-bond donors (Lipinski definition) is 2. The highest BCUT2D eigenvalue weighted by atomic mass is 16.5. The van der Waals surface area contributed by atoms with Crippen molar-refractivity contribution < 1.29 is 19.4 Å². The largest absolute Gasteiger partial charge is 0.497 e. The number of nitrogens with one attached hydrogen (secondary N) is 1. The Morgan fingerprint density at radius 2 is 2.10 bits per heavy atom. The average Bonchev–Trinajstić information content (AvgIpc) is 2.47. The SMILES string of the molecule is CCC(CCO)NC(=O)Cc1ccc(OC)cc1OC. The normalized spacial score (nSPS) is 11.8. The van der Waals surface area contributed by atoms with Gasteiger partial charge in [0.05, 0.1) is 20.6 Å². The van der Waals surface area contributed by atoms with Gasteiger partial charge >= 0.3 is 0 Å². The molecule has 1 amide bonds. The molecule has 5 heteroatoms. The van der Waals surface area contributed by atoms with Crippen LogP contribution in [0.5, 0.6) is 11.5 Å². The van der Waals surface area contributed by atoms with Crippen molar-refractivity contribution in [3.63, 3.8) is 0 Å². The molecule has 0 aliphatic heterocycles. The Morgan fingerprint density at radius 1 is 1.35 bits per heavy atom. The lowest BCUT2D eigenvalue weighted by Crippen LogP contribution is -2.36. The first-order valence-electron chi connectivity index (χ1n) is 6.75. The lowest BCUT2D eigenvalue weighted by atomic mass is 10.1. The third-order valence-electron chi connectivity index (χ3n) is 3.18. The molecule has 112 valence electrons. The van der Waals surface area contributed by atoms with E-state index < -0.39 is 0 Å². The number of carbonyl (C=O) groups is 1. The van der Waals surface area contributed by atoms with Crippen LogP contribution in [-0.2, 0) is 11.2 Å². The molecule has 20 heavy (non-hydrogen) atoms. The Labute approximate surface area is 119 Å². The molecular formula is C15H23NO4. The number of benzene rings is 1. The van der Waals surface area contributed by atoms with Crippen LogP contribution in [0.4, 0.5) is 0 Å². The van der Waals surface area contributed by atoms with Crippen molar-refractivity contribution in [1.82, 2.24) is 5.32 Å². The van der Waals surface area contributed by atoms with Crippen LogP contribution >= 0.6 is 0 Å². The van der Waals surface area contributed by atoms with E-state index >= 15 is 0 Å². The van der Waals surface area contributed by atoms with Gasteiger partial charge in [-0.2, -0.15) is 0 Å². The predicted molar refractivity (Wildman–Crippen MR) is 77.2 cm³/mol. The molecule has 1 rings (SSSR count). The standard InChI is InChI=1S/C15H23NO4/c1-4-12(7-8-17)16-15(18)9-11-5-6-13(19-2)10-14(11)20-3/h5-6,10,12,17H,4,7-9H2,1-3H3,(H,16,18). The molecule has 0 aliphatic rings. The third kappa shape index (κ3) is 4.74. The second-order valence-electron chi connectivity index (χ2n) is 4.54. The summed E-state index contributed by atoms with van der Waals surface area (Å²) in [5.41, 5.74) is 0.810. The topological polar surface area (TPSA) is 67.8 Å². The summed E-state index contributed by atoms with van der Waals surface area (Å²) in [7, 11) is 3.15. The van der Waals surface area contributed by atoms with E-state index in [1.807, 2.05) is 13.0 Å². The quantitative estimate of drug-likeness (QED) is 0.758. The van der Waals surface area contributed by atoms with Gasteiger partial charge in [0.2, 0.25) is 5.91 Å². The van der Waals surface area contributed by atoms with Gasteiger partial charge in [0.25, 0.3) is 0 Å². The van der Waals surface area contributed by atoms with Gasteiger partial charge in [-0.1, -0.05) is 13.0 Å². The van der Waals surface area contributed by atoms with Crippen molar-refractivity contribution in [2.45, 2.75) is 32.2 Å². The van der Waals surface area contributed by atoms with E-state index in [1.54, 1.807) is 26.4 Å². The van der Waals surface area contributed by atoms with E-state index in [1.165, 1.54) is 0 Å². The summed E-state index contributed by atoms with van der Waals surface area (Å²) in [6.45, 7) is 2.05. The maximum atomic E-state index is 12.0. The summed E-state index contributed by atoms with van der Waals surface area (Å²) < 4.78 is 10.4. The molecule has 1 unspecified atom stereocenters. The van der Waals surface area contributed by atoms with Crippen LogP contribution in [0.3, 0.4) is 0 Å². The summed E-state index contributed by atoms with van der Waals surface area (Å²) in [5.74, 6) is 1.25. The number of amides is 1. The first-order valence-corrected chi connectivity index (χ1v) is 6.75. The molecule has 0 aromatic heterocycles. The number of hydrogen-bond acceptors (Lipinski definition) is 4. The molecule has 0 saturated heterocycles. The van der Waals surface area contributed by atoms with Gasteiger partial charge < -0.3 is 19.9 Å². The lowest BCUT2D eigenvalue weighted by molar-refractivity contribution is -0.121. The van der Waals surface area contributed by atoms with Crippen molar-refractivity contribution >= 4 is 5.91 Å². The fourth-order valence-corrected chi connectivity index (χ4v) is 1.98. The second kappa shape index (κ2) is 8.43. The maximum Gasteiger partial charge on any atom is 0.224 e. The van der Waals surface area contributed by atoms with Crippen LogP contribution in [0.1, 0.15) is 25.3 Å². The van der Waals surface area contributed by atoms with Crippen LogP contribution in [0.15, 0.2) is 18.2 Å². The summed E-state index contributed by atoms with van der Waals surface area (Å²) >= 11 is 0. The molecule has 5 nitrogen and oxygen atoms in total. The fraction of sp³-hybridized carbons (Fsp3) is 0.533. The van der Waals surface area contributed by atoms with Crippen LogP contribution in [0.25, 0.3) is 0 Å². The van der Waals surface area contributed by atoms with Gasteiger partial charge in [-0.25, -0.2) is 0 Å². The third-order valence-corrected chi connectivity index (χ3v) is 3.18. The number of rotatable bonds is 8. The second-order valence-corrected chi connectivity index (χ2v) is 4.54. The number of methoxy groups -OCH3 is 2. The molecule has 0 spiro atoms. The number of ether oxygens (including phenoxy) is 2. The highest BCUT2D eigenvalue weighted by Gasteiger charge is 2.13. The van der Waals surface area contributed by atoms with Crippen molar-refractivity contribution in [2.75, 3.05) is 20.8 Å². The summed E-state index contributed by atoms with van der Waals surface area (Å²) in [6, 6.07) is 5.39. The first-order chi connectivity index (χ1) is 9.64. The van der Waals surface area contributed by atoms with E-state index in [9.17, 15) is 4.79 Å². The van der Waals surface area contributed by atoms with Crippen molar-refractivity contribution in [2.24, 2.45) is 0 Å². The molecule has 0 radical (unpaired) electrons. The van der Waals surface area contributed by atoms with Crippen molar-refractivity contribution in [3.05, 3.63) is 23.8 Å². The van der Waals surface area contributed by atoms with E-state index in [0.717, 1.165) is 12.0 Å². The Bertz CT molecular complexity index is 434. The van der Waals surface area contributed by atoms with Crippen molar-refractivity contribution in [1.29, 1.82) is 0 Å². The van der Waals surface area contributed by atoms with E-state index in [4.69, 9.17) is 14.6 Å². The first kappa shape index (κ1) is 16.3. The monoisotopic (exact) mass is 281 g/mol. The Hall–Kier alpha value is -1.75. The van der Waals surface area contributed by atoms with Crippen LogP contribution in [-0.4, -0.2) is 37.9 Å². The number of aliphatic hydroxyl groups excluding tert-OH is 1. The molecule has 1 atom stereocenters. The highest BCUT2D eigenvalue weighted by molar-refractivity contribution is 5.79. The Balaban J connectivity index is 2.69. The molecule has 0 heterocycles. The number of carbonyl (C=O) groups excluding carboxylic acids is 1. The van der Waals surface area contributed by atoms with Crippen LogP contribution in [0.2, 0.25) is 0 Å². The molecular weight excluding hydrogens is 258 g/mol. The van der Waals surface area contributed by atoms with E-state index in [-0.39, 0.29) is 25.0 Å².